The van der Waals surface area contributed by atoms with Gasteiger partial charge in [-0.05, 0) is 41.3 Å². The number of nitrogens with one attached hydrogen (secondary N) is 1. The molecular weight excluding hydrogens is 401 g/mol. The SMILES string of the molecule is CN(CC(=O)NCc1cccnc1)c1cc(C(=O)O)cc2cc(Cl)cc(Cl)c12. The van der Waals surface area contributed by atoms with Crippen LogP contribution in [0.4, 0.5) is 5.69 Å². The Kier molecular flexibility index (Phi) is 6.02. The molecule has 0 aliphatic rings. The van der Waals surface area contributed by atoms with Crippen molar-refractivity contribution >= 4 is 51.5 Å². The van der Waals surface area contributed by atoms with Crippen LogP contribution in [0.25, 0.3) is 10.8 Å². The van der Waals surface area contributed by atoms with E-state index in [4.69, 9.17) is 23.2 Å². The van der Waals surface area contributed by atoms with E-state index in [0.29, 0.717) is 33.0 Å². The summed E-state index contributed by atoms with van der Waals surface area (Å²) in [4.78, 5) is 29.5. The molecule has 1 aromatic heterocycles. The molecule has 8 heteroatoms. The highest BCUT2D eigenvalue weighted by molar-refractivity contribution is 6.39. The molecule has 1 heterocycles. The van der Waals surface area contributed by atoms with Gasteiger partial charge in [-0.2, -0.15) is 0 Å². The maximum absolute atomic E-state index is 12.4. The molecule has 0 aliphatic carbocycles. The van der Waals surface area contributed by atoms with E-state index >= 15 is 0 Å². The highest BCUT2D eigenvalue weighted by Crippen LogP contribution is 2.36. The standard InChI is InChI=1S/C20H17Cl2N3O3/c1-25(11-18(26)24-10-12-3-2-4-23-9-12)17-7-14(20(27)28)5-13-6-15(21)8-16(22)19(13)17/h2-9H,10-11H2,1H3,(H,24,26)(H,27,28). The van der Waals surface area contributed by atoms with Crippen LogP contribution in [-0.4, -0.2) is 35.6 Å². The molecule has 0 saturated heterocycles. The molecule has 2 aromatic carbocycles. The summed E-state index contributed by atoms with van der Waals surface area (Å²) in [5.74, 6) is -1.29. The molecule has 1 amide bonds. The number of aromatic carboxylic acids is 1. The van der Waals surface area contributed by atoms with Crippen molar-refractivity contribution in [3.63, 3.8) is 0 Å². The van der Waals surface area contributed by atoms with E-state index in [0.717, 1.165) is 5.56 Å². The third-order valence-corrected chi connectivity index (χ3v) is 4.71. The van der Waals surface area contributed by atoms with Gasteiger partial charge in [-0.1, -0.05) is 29.3 Å². The molecule has 144 valence electrons. The first-order valence-corrected chi connectivity index (χ1v) is 9.13. The minimum absolute atomic E-state index is 0.0252. The molecule has 3 rings (SSSR count). The molecule has 0 atom stereocenters. The van der Waals surface area contributed by atoms with Crippen molar-refractivity contribution in [1.82, 2.24) is 10.3 Å². The summed E-state index contributed by atoms with van der Waals surface area (Å²) in [5.41, 5.74) is 1.51. The minimum atomic E-state index is -1.08. The number of rotatable bonds is 6. The number of halogens is 2. The Hall–Kier alpha value is -2.83. The van der Waals surface area contributed by atoms with E-state index < -0.39 is 5.97 Å². The number of fused-ring (bicyclic) bond motifs is 1. The van der Waals surface area contributed by atoms with E-state index in [1.807, 2.05) is 6.07 Å². The molecule has 2 N–H and O–H groups in total. The Morgan fingerprint density at radius 1 is 1.21 bits per heavy atom. The predicted octanol–water partition coefficient (Wildman–Crippen LogP) is 3.99. The minimum Gasteiger partial charge on any atom is -0.478 e. The number of aromatic nitrogens is 1. The van der Waals surface area contributed by atoms with Crippen molar-refractivity contribution < 1.29 is 14.7 Å². The van der Waals surface area contributed by atoms with Gasteiger partial charge in [0.2, 0.25) is 5.91 Å². The van der Waals surface area contributed by atoms with Crippen LogP contribution < -0.4 is 10.2 Å². The summed E-state index contributed by atoms with van der Waals surface area (Å²) in [6.07, 6.45) is 3.34. The van der Waals surface area contributed by atoms with Gasteiger partial charge in [0.1, 0.15) is 0 Å². The van der Waals surface area contributed by atoms with Gasteiger partial charge in [0.25, 0.3) is 0 Å². The van der Waals surface area contributed by atoms with Crippen LogP contribution in [-0.2, 0) is 11.3 Å². The molecule has 0 spiro atoms. The summed E-state index contributed by atoms with van der Waals surface area (Å²) in [7, 11) is 1.70. The van der Waals surface area contributed by atoms with Crippen LogP contribution in [0.15, 0.2) is 48.8 Å². The lowest BCUT2D eigenvalue weighted by Gasteiger charge is -2.22. The van der Waals surface area contributed by atoms with Gasteiger partial charge < -0.3 is 15.3 Å². The molecule has 0 fully saturated rings. The predicted molar refractivity (Wildman–Crippen MR) is 110 cm³/mol. The van der Waals surface area contributed by atoms with Crippen molar-refractivity contribution in [1.29, 1.82) is 0 Å². The normalized spacial score (nSPS) is 10.7. The Labute approximate surface area is 171 Å². The van der Waals surface area contributed by atoms with Crippen molar-refractivity contribution in [2.45, 2.75) is 6.54 Å². The average Bonchev–Trinajstić information content (AvgIpc) is 2.65. The largest absolute Gasteiger partial charge is 0.478 e. The van der Waals surface area contributed by atoms with Crippen LogP contribution in [0.1, 0.15) is 15.9 Å². The van der Waals surface area contributed by atoms with Gasteiger partial charge in [-0.3, -0.25) is 9.78 Å². The summed E-state index contributed by atoms with van der Waals surface area (Å²) < 4.78 is 0. The molecule has 0 bridgehead atoms. The number of carbonyl (C=O) groups excluding carboxylic acids is 1. The van der Waals surface area contributed by atoms with E-state index in [2.05, 4.69) is 10.3 Å². The van der Waals surface area contributed by atoms with E-state index in [9.17, 15) is 14.7 Å². The number of carboxylic acid groups (broad SMARTS) is 1. The number of likely N-dealkylation sites (N-methyl/N-ethyl adjacent to an activating group) is 1. The number of hydrogen-bond donors (Lipinski definition) is 2. The lowest BCUT2D eigenvalue weighted by molar-refractivity contribution is -0.119. The van der Waals surface area contributed by atoms with Gasteiger partial charge in [-0.15, -0.1) is 0 Å². The second-order valence-electron chi connectivity index (χ2n) is 6.28. The van der Waals surface area contributed by atoms with Crippen LogP contribution in [0.5, 0.6) is 0 Å². The molecule has 0 radical (unpaired) electrons. The molecule has 0 aliphatic heterocycles. The van der Waals surface area contributed by atoms with E-state index in [-0.39, 0.29) is 18.0 Å². The van der Waals surface area contributed by atoms with Crippen molar-refractivity contribution in [3.8, 4) is 0 Å². The number of hydrogen-bond acceptors (Lipinski definition) is 4. The summed E-state index contributed by atoms with van der Waals surface area (Å²) >= 11 is 12.4. The smallest absolute Gasteiger partial charge is 0.335 e. The van der Waals surface area contributed by atoms with Gasteiger partial charge in [-0.25, -0.2) is 4.79 Å². The third-order valence-electron chi connectivity index (χ3n) is 4.20. The summed E-state index contributed by atoms with van der Waals surface area (Å²) in [5, 5.41) is 14.3. The fourth-order valence-corrected chi connectivity index (χ4v) is 3.50. The van der Waals surface area contributed by atoms with Crippen molar-refractivity contribution in [2.75, 3.05) is 18.5 Å². The van der Waals surface area contributed by atoms with Crippen LogP contribution in [0, 0.1) is 0 Å². The van der Waals surface area contributed by atoms with Crippen LogP contribution in [0.3, 0.4) is 0 Å². The zero-order valence-electron chi connectivity index (χ0n) is 14.9. The number of nitrogens with zero attached hydrogens (tertiary/aromatic N) is 2. The first-order chi connectivity index (χ1) is 13.3. The first kappa shape index (κ1) is 19.9. The van der Waals surface area contributed by atoms with Crippen molar-refractivity contribution in [3.05, 3.63) is 70.0 Å². The lowest BCUT2D eigenvalue weighted by atomic mass is 10.0. The molecule has 0 saturated carbocycles. The van der Waals surface area contributed by atoms with Crippen LogP contribution >= 0.6 is 23.2 Å². The number of carboxylic acids is 1. The summed E-state index contributed by atoms with van der Waals surface area (Å²) in [6, 6.07) is 9.91. The highest BCUT2D eigenvalue weighted by Gasteiger charge is 2.17. The topological polar surface area (TPSA) is 82.5 Å². The third kappa shape index (κ3) is 4.52. The number of amides is 1. The molecule has 28 heavy (non-hydrogen) atoms. The van der Waals surface area contributed by atoms with Gasteiger partial charge in [0.15, 0.2) is 0 Å². The number of anilines is 1. The second kappa shape index (κ2) is 8.46. The van der Waals surface area contributed by atoms with E-state index in [1.165, 1.54) is 12.1 Å². The summed E-state index contributed by atoms with van der Waals surface area (Å²) in [6.45, 7) is 0.379. The first-order valence-electron chi connectivity index (χ1n) is 8.38. The van der Waals surface area contributed by atoms with E-state index in [1.54, 1.807) is 42.5 Å². The maximum atomic E-state index is 12.4. The number of pyridine rings is 1. The van der Waals surface area contributed by atoms with Gasteiger partial charge in [0, 0.05) is 42.1 Å². The van der Waals surface area contributed by atoms with Crippen molar-refractivity contribution in [2.24, 2.45) is 0 Å². The van der Waals surface area contributed by atoms with Gasteiger partial charge in [0.05, 0.1) is 17.1 Å². The maximum Gasteiger partial charge on any atom is 0.335 e. The Morgan fingerprint density at radius 3 is 2.68 bits per heavy atom. The van der Waals surface area contributed by atoms with Crippen LogP contribution in [0.2, 0.25) is 10.0 Å². The monoisotopic (exact) mass is 417 g/mol. The number of benzene rings is 2. The molecule has 0 unspecified atom stereocenters. The Morgan fingerprint density at radius 2 is 2.00 bits per heavy atom. The zero-order chi connectivity index (χ0) is 20.3. The van der Waals surface area contributed by atoms with Gasteiger partial charge >= 0.3 is 5.97 Å². The average molecular weight is 418 g/mol. The molecule has 6 nitrogen and oxygen atoms in total. The molecular formula is C20H17Cl2N3O3. The Balaban J connectivity index is 1.86. The quantitative estimate of drug-likeness (QED) is 0.633. The lowest BCUT2D eigenvalue weighted by Crippen LogP contribution is -2.35. The Bertz CT molecular complexity index is 1040. The molecule has 3 aromatic rings. The fourth-order valence-electron chi connectivity index (χ4n) is 2.89. The zero-order valence-corrected chi connectivity index (χ0v) is 16.5. The fraction of sp³-hybridized carbons (Fsp3) is 0.150. The highest BCUT2D eigenvalue weighted by atomic mass is 35.5. The second-order valence-corrected chi connectivity index (χ2v) is 7.12. The number of carbonyl (C=O) groups is 2.